The van der Waals surface area contributed by atoms with Gasteiger partial charge in [0.1, 0.15) is 29.9 Å². The van der Waals surface area contributed by atoms with E-state index in [0.29, 0.717) is 53.3 Å². The van der Waals surface area contributed by atoms with Crippen LogP contribution in [0.2, 0.25) is 0 Å². The zero-order valence-electron chi connectivity index (χ0n) is 40.1. The molecule has 6 aromatic rings. The van der Waals surface area contributed by atoms with E-state index in [0.717, 1.165) is 52.3 Å². The summed E-state index contributed by atoms with van der Waals surface area (Å²) in [5.74, 6) is -1.70. The summed E-state index contributed by atoms with van der Waals surface area (Å²) in [6.45, 7) is 4.58. The van der Waals surface area contributed by atoms with E-state index >= 15 is 4.79 Å². The van der Waals surface area contributed by atoms with Crippen molar-refractivity contribution >= 4 is 28.1 Å². The van der Waals surface area contributed by atoms with Crippen molar-refractivity contribution in [2.45, 2.75) is 75.8 Å². The number of oxime groups is 1. The highest BCUT2D eigenvalue weighted by molar-refractivity contribution is 6.03. The average molecular weight is 967 g/mol. The van der Waals surface area contributed by atoms with Gasteiger partial charge in [0.2, 0.25) is 5.79 Å². The molecule has 6 atom stereocenters. The van der Waals surface area contributed by atoms with Gasteiger partial charge in [-0.1, -0.05) is 109 Å². The van der Waals surface area contributed by atoms with Gasteiger partial charge in [0.15, 0.2) is 0 Å². The minimum Gasteiger partial charge on any atom is -0.459 e. The number of nitro groups is 1. The first-order valence-corrected chi connectivity index (χ1v) is 24.7. The number of carbonyl (C=O) groups excluding carboxylic acids is 1. The van der Waals surface area contributed by atoms with E-state index in [1.165, 1.54) is 12.1 Å². The van der Waals surface area contributed by atoms with Crippen molar-refractivity contribution in [2.75, 3.05) is 19.8 Å². The van der Waals surface area contributed by atoms with Crippen molar-refractivity contribution in [3.8, 4) is 23.3 Å². The molecule has 1 heterocycles. The average Bonchev–Trinajstić information content (AvgIpc) is 3.41. The Morgan fingerprint density at radius 3 is 2.39 bits per heavy atom. The molecule has 13 heteroatoms. The molecule has 1 saturated carbocycles. The highest BCUT2D eigenvalue weighted by Crippen LogP contribution is 2.62. The number of aliphatic hydroxyl groups is 2. The second-order valence-electron chi connectivity index (χ2n) is 18.6. The van der Waals surface area contributed by atoms with Crippen molar-refractivity contribution in [3.63, 3.8) is 0 Å². The molecular formula is C59H58N4O9. The second kappa shape index (κ2) is 22.6. The van der Waals surface area contributed by atoms with Crippen LogP contribution in [0.3, 0.4) is 0 Å². The van der Waals surface area contributed by atoms with Crippen LogP contribution < -0.4 is 9.47 Å². The van der Waals surface area contributed by atoms with Crippen molar-refractivity contribution in [2.24, 2.45) is 22.9 Å². The molecule has 2 aliphatic carbocycles. The van der Waals surface area contributed by atoms with Gasteiger partial charge in [0.25, 0.3) is 11.6 Å². The van der Waals surface area contributed by atoms with E-state index in [9.17, 15) is 25.6 Å². The number of nitriles is 1. The van der Waals surface area contributed by atoms with Crippen molar-refractivity contribution in [3.05, 3.63) is 202 Å². The summed E-state index contributed by atoms with van der Waals surface area (Å²) in [5, 5.41) is 48.8. The smallest absolute Gasteiger partial charge is 0.273 e. The number of nitrogens with zero attached hydrogens (tertiary/aromatic N) is 4. The highest BCUT2D eigenvalue weighted by Gasteiger charge is 2.65. The summed E-state index contributed by atoms with van der Waals surface area (Å²) in [5.41, 5.74) is 4.85. The maximum atomic E-state index is 15.7. The molecule has 1 amide bonds. The summed E-state index contributed by atoms with van der Waals surface area (Å²) in [7, 11) is 0. The molecule has 1 aliphatic heterocycles. The molecule has 0 aromatic heterocycles. The lowest BCUT2D eigenvalue weighted by molar-refractivity contribution is -0.384. The van der Waals surface area contributed by atoms with Crippen LogP contribution in [0.1, 0.15) is 83.5 Å². The Morgan fingerprint density at radius 2 is 1.62 bits per heavy atom. The van der Waals surface area contributed by atoms with Gasteiger partial charge in [-0.25, -0.2) is 0 Å². The van der Waals surface area contributed by atoms with Gasteiger partial charge in [-0.2, -0.15) is 5.26 Å². The summed E-state index contributed by atoms with van der Waals surface area (Å²) in [6, 6.07) is 43.5. The van der Waals surface area contributed by atoms with Crippen LogP contribution in [0, 0.1) is 39.2 Å². The third kappa shape index (κ3) is 10.4. The molecule has 6 unspecified atom stereocenters. The number of rotatable bonds is 21. The minimum absolute atomic E-state index is 0.0289. The number of nitro benzene ring substituents is 1. The maximum absolute atomic E-state index is 15.7. The lowest BCUT2D eigenvalue weighted by Crippen LogP contribution is -2.70. The number of allylic oxidation sites excluding steroid dienone is 1. The molecule has 0 radical (unpaired) electrons. The fourth-order valence-corrected chi connectivity index (χ4v) is 11.1. The van der Waals surface area contributed by atoms with Crippen LogP contribution in [0.15, 0.2) is 169 Å². The third-order valence-corrected chi connectivity index (χ3v) is 14.3. The van der Waals surface area contributed by atoms with Gasteiger partial charge < -0.3 is 34.2 Å². The van der Waals surface area contributed by atoms with E-state index in [1.807, 2.05) is 83.8 Å². The van der Waals surface area contributed by atoms with Gasteiger partial charge in [-0.15, -0.1) is 6.58 Å². The van der Waals surface area contributed by atoms with Crippen LogP contribution in [0.4, 0.5) is 5.69 Å². The predicted octanol–water partition coefficient (Wildman–Crippen LogP) is 11.6. The number of aliphatic hydroxyl groups excluding tert-OH is 2. The molecule has 368 valence electrons. The van der Waals surface area contributed by atoms with Gasteiger partial charge in [-0.3, -0.25) is 14.9 Å². The lowest BCUT2D eigenvalue weighted by atomic mass is 9.55. The van der Waals surface area contributed by atoms with Crippen LogP contribution in [-0.4, -0.2) is 63.3 Å². The molecule has 0 saturated heterocycles. The minimum atomic E-state index is -1.57. The van der Waals surface area contributed by atoms with E-state index in [2.05, 4.69) is 24.8 Å². The standard InChI is InChI=1S/C59H58N4O9/c1-2-32-69-59-55(62(58(66)43-26-24-40(37-60)25-27-43)38-45-19-12-18-42-16-6-7-22-49(42)45)36-53(61-70-39-41-14-4-3-5-15-41)51-33-44(17-8-10-30-64)50(23-9-11-31-65)56(57(51)59)52-35-48(28-29-54(52)72-59)71-47-21-13-20-46(34-47)63(67)68/h2-7,12-16,18-22,24-29,33-35,44,50,55-57,64-65H,1,8-11,17,23,30-32,36,38-39H2. The Kier molecular flexibility index (Phi) is 15.5. The van der Waals surface area contributed by atoms with Crippen LogP contribution in [-0.2, 0) is 22.7 Å². The largest absolute Gasteiger partial charge is 0.459 e. The molecule has 2 N–H and O–H groups in total. The number of hydrogen-bond donors (Lipinski definition) is 2. The molecule has 72 heavy (non-hydrogen) atoms. The number of unbranched alkanes of at least 4 members (excludes halogenated alkanes) is 2. The van der Waals surface area contributed by atoms with Crippen molar-refractivity contribution in [1.82, 2.24) is 4.90 Å². The summed E-state index contributed by atoms with van der Waals surface area (Å²) < 4.78 is 21.2. The zero-order valence-corrected chi connectivity index (χ0v) is 40.1. The van der Waals surface area contributed by atoms with E-state index in [4.69, 9.17) is 24.2 Å². The van der Waals surface area contributed by atoms with Crippen LogP contribution in [0.25, 0.3) is 10.8 Å². The van der Waals surface area contributed by atoms with Gasteiger partial charge in [0.05, 0.1) is 40.9 Å². The third-order valence-electron chi connectivity index (χ3n) is 14.3. The maximum Gasteiger partial charge on any atom is 0.273 e. The molecule has 9 rings (SSSR count). The SMILES string of the molecule is C=CCOC12Oc3ccc(Oc4cccc([N+](=O)[O-])c4)cc3C3C(CCCCO)C(CCCCO)C=C(C(=NOCc4ccccc4)CC1N(Cc1cccc4ccccc14)C(=O)c1ccc(C#N)cc1)C32. The second-order valence-corrected chi connectivity index (χ2v) is 18.6. The fourth-order valence-electron chi connectivity index (χ4n) is 11.1. The number of amides is 1. The molecule has 3 aliphatic rings. The molecule has 13 nitrogen and oxygen atoms in total. The first kappa shape index (κ1) is 49.4. The number of carbonyl (C=O) groups is 1. The number of hydrogen-bond acceptors (Lipinski definition) is 11. The van der Waals surface area contributed by atoms with Gasteiger partial charge in [0, 0.05) is 49.3 Å². The molecule has 1 fully saturated rings. The predicted molar refractivity (Wildman–Crippen MR) is 274 cm³/mol. The number of fused-ring (bicyclic) bond motifs is 3. The fraction of sp³-hybridized carbons (Fsp3) is 0.305. The highest BCUT2D eigenvalue weighted by atomic mass is 16.7. The Hall–Kier alpha value is -7.63. The summed E-state index contributed by atoms with van der Waals surface area (Å²) in [4.78, 5) is 35.2. The van der Waals surface area contributed by atoms with Gasteiger partial charge >= 0.3 is 0 Å². The Balaban J connectivity index is 1.28. The van der Waals surface area contributed by atoms with Crippen LogP contribution in [0.5, 0.6) is 17.2 Å². The quantitative estimate of drug-likeness (QED) is 0.0305. The summed E-state index contributed by atoms with van der Waals surface area (Å²) >= 11 is 0. The van der Waals surface area contributed by atoms with E-state index in [1.54, 1.807) is 48.5 Å². The number of ether oxygens (including phenoxy) is 3. The number of benzene rings is 6. The first-order valence-electron chi connectivity index (χ1n) is 24.7. The monoisotopic (exact) mass is 966 g/mol. The Morgan fingerprint density at radius 1 is 0.889 bits per heavy atom. The topological polar surface area (TPSA) is 177 Å². The molecular weight excluding hydrogens is 909 g/mol. The van der Waals surface area contributed by atoms with Crippen molar-refractivity contribution in [1.29, 1.82) is 5.26 Å². The van der Waals surface area contributed by atoms with E-state index in [-0.39, 0.29) is 68.7 Å². The zero-order chi connectivity index (χ0) is 50.0. The Bertz CT molecular complexity index is 3000. The Labute approximate surface area is 419 Å². The van der Waals surface area contributed by atoms with E-state index < -0.39 is 22.7 Å². The summed E-state index contributed by atoms with van der Waals surface area (Å²) in [6.07, 6.45) is 8.30. The van der Waals surface area contributed by atoms with Crippen molar-refractivity contribution < 1.29 is 39.0 Å². The molecule has 0 spiro atoms. The normalized spacial score (nSPS) is 21.3. The molecule has 0 bridgehead atoms. The van der Waals surface area contributed by atoms with Crippen LogP contribution >= 0.6 is 0 Å². The number of non-ortho nitro benzene ring substituents is 1. The molecule has 6 aromatic carbocycles. The van der Waals surface area contributed by atoms with Gasteiger partial charge in [-0.05, 0) is 114 Å². The first-order chi connectivity index (χ1) is 35.2. The lowest BCUT2D eigenvalue weighted by Gasteiger charge is -2.60.